The van der Waals surface area contributed by atoms with Crippen LogP contribution in [0.25, 0.3) is 0 Å². The average Bonchev–Trinajstić information content (AvgIpc) is 2.26. The van der Waals surface area contributed by atoms with E-state index in [1.165, 1.54) is 14.1 Å². The molecule has 0 aromatic heterocycles. The van der Waals surface area contributed by atoms with Crippen molar-refractivity contribution in [3.8, 4) is 0 Å². The summed E-state index contributed by atoms with van der Waals surface area (Å²) in [7, 11) is -1.69. The molecule has 1 aromatic rings. The highest BCUT2D eigenvalue weighted by Crippen LogP contribution is 2.30. The lowest BCUT2D eigenvalue weighted by atomic mass is 10.3. The second kappa shape index (κ2) is 4.84. The molecule has 100 valence electrons. The Morgan fingerprint density at radius 3 is 2.39 bits per heavy atom. The molecule has 18 heavy (non-hydrogen) atoms. The molecule has 0 aliphatic heterocycles. The van der Waals surface area contributed by atoms with Gasteiger partial charge in [-0.25, -0.2) is 17.1 Å². The van der Waals surface area contributed by atoms with Gasteiger partial charge in [-0.05, 0) is 0 Å². The van der Waals surface area contributed by atoms with Crippen LogP contribution in [0.5, 0.6) is 0 Å². The molecule has 3 N–H and O–H groups in total. The summed E-state index contributed by atoms with van der Waals surface area (Å²) in [6.07, 6.45) is 0. The third kappa shape index (κ3) is 2.39. The maximum absolute atomic E-state index is 13.7. The Balaban J connectivity index is 3.61. The van der Waals surface area contributed by atoms with E-state index in [4.69, 9.17) is 5.84 Å². The number of nitrogens with one attached hydrogen (secondary N) is 1. The molecule has 0 aliphatic rings. The number of nitro benzene ring substituents is 1. The van der Waals surface area contributed by atoms with Crippen molar-refractivity contribution in [3.63, 3.8) is 0 Å². The maximum Gasteiger partial charge on any atom is 0.274 e. The van der Waals surface area contributed by atoms with E-state index in [1.54, 1.807) is 0 Å². The minimum Gasteiger partial charge on any atom is -0.323 e. The third-order valence-corrected chi connectivity index (χ3v) is 4.03. The number of halogens is 1. The quantitative estimate of drug-likeness (QED) is 0.463. The molecule has 0 amide bonds. The van der Waals surface area contributed by atoms with Gasteiger partial charge < -0.3 is 5.43 Å². The summed E-state index contributed by atoms with van der Waals surface area (Å²) in [4.78, 5) is 8.94. The lowest BCUT2D eigenvalue weighted by molar-refractivity contribution is -0.385. The molecule has 0 fully saturated rings. The first-order valence-electron chi connectivity index (χ1n) is 4.59. The number of benzene rings is 1. The van der Waals surface area contributed by atoms with Crippen LogP contribution in [0, 0.1) is 15.9 Å². The van der Waals surface area contributed by atoms with Gasteiger partial charge in [0.1, 0.15) is 4.90 Å². The van der Waals surface area contributed by atoms with E-state index in [-0.39, 0.29) is 5.69 Å². The van der Waals surface area contributed by atoms with Crippen molar-refractivity contribution >= 4 is 21.4 Å². The summed E-state index contributed by atoms with van der Waals surface area (Å²) in [6.45, 7) is 0. The molecule has 1 rings (SSSR count). The number of hydrazine groups is 1. The lowest BCUT2D eigenvalue weighted by Gasteiger charge is -2.15. The van der Waals surface area contributed by atoms with Crippen LogP contribution in [0.4, 0.5) is 15.8 Å². The number of hydrogen-bond donors (Lipinski definition) is 2. The average molecular weight is 278 g/mol. The Hall–Kier alpha value is -1.78. The minimum atomic E-state index is -4.10. The molecule has 0 saturated heterocycles. The predicted octanol–water partition coefficient (Wildman–Crippen LogP) is 0.270. The Kier molecular flexibility index (Phi) is 3.84. The first-order valence-corrected chi connectivity index (χ1v) is 6.03. The molecule has 10 heteroatoms. The molecule has 0 unspecified atom stereocenters. The number of anilines is 1. The minimum absolute atomic E-state index is 0.379. The number of nitro groups is 1. The van der Waals surface area contributed by atoms with Crippen LogP contribution < -0.4 is 11.3 Å². The van der Waals surface area contributed by atoms with Crippen molar-refractivity contribution in [1.82, 2.24) is 4.31 Å². The Bertz CT molecular complexity index is 587. The fourth-order valence-corrected chi connectivity index (χ4v) is 2.30. The summed E-state index contributed by atoms with van der Waals surface area (Å²) in [6, 6.07) is 1.37. The second-order valence-electron chi connectivity index (χ2n) is 3.49. The number of non-ortho nitro benzene ring substituents is 1. The van der Waals surface area contributed by atoms with Crippen LogP contribution in [0.3, 0.4) is 0 Å². The monoisotopic (exact) mass is 278 g/mol. The van der Waals surface area contributed by atoms with Gasteiger partial charge in [-0.3, -0.25) is 16.0 Å². The van der Waals surface area contributed by atoms with E-state index in [0.29, 0.717) is 6.07 Å². The molecule has 0 aliphatic carbocycles. The zero-order chi connectivity index (χ0) is 14.1. The highest BCUT2D eigenvalue weighted by atomic mass is 32.2. The zero-order valence-electron chi connectivity index (χ0n) is 9.55. The molecule has 8 nitrogen and oxygen atoms in total. The van der Waals surface area contributed by atoms with Gasteiger partial charge in [-0.1, -0.05) is 0 Å². The Morgan fingerprint density at radius 1 is 1.44 bits per heavy atom. The SMILES string of the molecule is CN(C)S(=O)(=O)c1c(F)cc([N+](=O)[O-])cc1NN. The number of nitrogens with zero attached hydrogens (tertiary/aromatic N) is 2. The number of sulfonamides is 1. The first-order chi connectivity index (χ1) is 8.21. The van der Waals surface area contributed by atoms with Gasteiger partial charge in [0.2, 0.25) is 10.0 Å². The largest absolute Gasteiger partial charge is 0.323 e. The fraction of sp³-hybridized carbons (Fsp3) is 0.250. The second-order valence-corrected chi connectivity index (χ2v) is 5.58. The van der Waals surface area contributed by atoms with Crippen molar-refractivity contribution in [1.29, 1.82) is 0 Å². The Morgan fingerprint density at radius 2 is 2.00 bits per heavy atom. The molecule has 0 spiro atoms. The fourth-order valence-electron chi connectivity index (χ4n) is 1.24. The zero-order valence-corrected chi connectivity index (χ0v) is 10.4. The van der Waals surface area contributed by atoms with Crippen LogP contribution in [0.1, 0.15) is 0 Å². The first kappa shape index (κ1) is 14.3. The van der Waals surface area contributed by atoms with Crippen molar-refractivity contribution in [2.24, 2.45) is 5.84 Å². The molecular weight excluding hydrogens is 267 g/mol. The van der Waals surface area contributed by atoms with E-state index in [0.717, 1.165) is 10.4 Å². The van der Waals surface area contributed by atoms with Crippen molar-refractivity contribution < 1.29 is 17.7 Å². The summed E-state index contributed by atoms with van der Waals surface area (Å²) >= 11 is 0. The lowest BCUT2D eigenvalue weighted by Crippen LogP contribution is -2.25. The van der Waals surface area contributed by atoms with Gasteiger partial charge in [0.25, 0.3) is 5.69 Å². The van der Waals surface area contributed by atoms with Crippen molar-refractivity contribution in [2.45, 2.75) is 4.90 Å². The van der Waals surface area contributed by atoms with Crippen LogP contribution in [-0.2, 0) is 10.0 Å². The number of hydrogen-bond acceptors (Lipinski definition) is 6. The van der Waals surface area contributed by atoms with E-state index in [1.807, 2.05) is 5.43 Å². The smallest absolute Gasteiger partial charge is 0.274 e. The van der Waals surface area contributed by atoms with Crippen molar-refractivity contribution in [3.05, 3.63) is 28.1 Å². The molecule has 0 bridgehead atoms. The molecule has 1 aromatic carbocycles. The topological polar surface area (TPSA) is 119 Å². The number of nitrogen functional groups attached to an aromatic ring is 1. The summed E-state index contributed by atoms with van der Waals surface area (Å²) in [5.41, 5.74) is 0.964. The highest BCUT2D eigenvalue weighted by molar-refractivity contribution is 7.89. The van der Waals surface area contributed by atoms with Crippen LogP contribution in [0.15, 0.2) is 17.0 Å². The van der Waals surface area contributed by atoms with Gasteiger partial charge >= 0.3 is 0 Å². The van der Waals surface area contributed by atoms with Gasteiger partial charge in [0, 0.05) is 20.2 Å². The van der Waals surface area contributed by atoms with E-state index in [9.17, 15) is 22.9 Å². The van der Waals surface area contributed by atoms with Gasteiger partial charge in [-0.2, -0.15) is 0 Å². The molecule has 0 heterocycles. The number of nitrogens with two attached hydrogens (primary N) is 1. The standard InChI is InChI=1S/C8H11FN4O4S/c1-12(2)18(16,17)8-6(9)3-5(13(14)15)4-7(8)11-10/h3-4,11H,10H2,1-2H3. The van der Waals surface area contributed by atoms with E-state index < -0.39 is 31.3 Å². The van der Waals surface area contributed by atoms with E-state index in [2.05, 4.69) is 0 Å². The summed E-state index contributed by atoms with van der Waals surface area (Å²) in [5.74, 6) is 3.82. The highest BCUT2D eigenvalue weighted by Gasteiger charge is 2.28. The molecule has 0 atom stereocenters. The molecule has 0 radical (unpaired) electrons. The Labute approximate surface area is 102 Å². The summed E-state index contributed by atoms with van der Waals surface area (Å²) < 4.78 is 38.2. The van der Waals surface area contributed by atoms with Crippen LogP contribution >= 0.6 is 0 Å². The van der Waals surface area contributed by atoms with Gasteiger partial charge in [0.15, 0.2) is 5.82 Å². The van der Waals surface area contributed by atoms with Gasteiger partial charge in [0.05, 0.1) is 16.7 Å². The van der Waals surface area contributed by atoms with Crippen LogP contribution in [-0.4, -0.2) is 31.7 Å². The van der Waals surface area contributed by atoms with E-state index >= 15 is 0 Å². The molecule has 0 saturated carbocycles. The van der Waals surface area contributed by atoms with Gasteiger partial charge in [-0.15, -0.1) is 0 Å². The maximum atomic E-state index is 13.7. The van der Waals surface area contributed by atoms with Crippen molar-refractivity contribution in [2.75, 3.05) is 19.5 Å². The predicted molar refractivity (Wildman–Crippen MR) is 61.7 cm³/mol. The normalized spacial score (nSPS) is 11.6. The summed E-state index contributed by atoms with van der Waals surface area (Å²) in [5, 5.41) is 10.5. The van der Waals surface area contributed by atoms with Crippen LogP contribution in [0.2, 0.25) is 0 Å². The molecular formula is C8H11FN4O4S. The number of rotatable bonds is 4. The third-order valence-electron chi connectivity index (χ3n) is 2.13.